The van der Waals surface area contributed by atoms with Crippen molar-refractivity contribution in [1.82, 2.24) is 4.98 Å². The van der Waals surface area contributed by atoms with Crippen molar-refractivity contribution in [2.24, 2.45) is 0 Å². The van der Waals surface area contributed by atoms with E-state index in [0.29, 0.717) is 10.8 Å². The molecule has 0 spiro atoms. The molecule has 0 fully saturated rings. The number of aromatic hydroxyl groups is 1. The maximum atomic E-state index is 12.0. The molecule has 0 aliphatic heterocycles. The van der Waals surface area contributed by atoms with Gasteiger partial charge in [-0.25, -0.2) is 0 Å². The smallest absolute Gasteiger partial charge is 0.255 e. The number of aromatic amines is 1. The van der Waals surface area contributed by atoms with Gasteiger partial charge in [0.25, 0.3) is 5.56 Å². The highest BCUT2D eigenvalue weighted by atomic mass is 16.3. The summed E-state index contributed by atoms with van der Waals surface area (Å²) in [6.45, 7) is 0. The van der Waals surface area contributed by atoms with Gasteiger partial charge in [0, 0.05) is 17.1 Å². The maximum absolute atomic E-state index is 12.0. The summed E-state index contributed by atoms with van der Waals surface area (Å²) in [5.74, 6) is 0.112. The molecule has 0 radical (unpaired) electrons. The molecule has 0 bridgehead atoms. The highest BCUT2D eigenvalue weighted by molar-refractivity contribution is 6.00. The monoisotopic (exact) mass is 313 g/mol. The number of nitrogens with one attached hydrogen (secondary N) is 1. The molecule has 3 heteroatoms. The van der Waals surface area contributed by atoms with Crippen molar-refractivity contribution in [3.63, 3.8) is 0 Å². The largest absolute Gasteiger partial charge is 0.507 e. The fraction of sp³-hybridized carbons (Fsp3) is 0. The van der Waals surface area contributed by atoms with Gasteiger partial charge in [-0.2, -0.15) is 0 Å². The number of H-pyrrole nitrogens is 1. The van der Waals surface area contributed by atoms with E-state index in [0.717, 1.165) is 22.3 Å². The Morgan fingerprint density at radius 2 is 1.38 bits per heavy atom. The van der Waals surface area contributed by atoms with E-state index in [1.807, 2.05) is 42.5 Å². The number of hydrogen-bond donors (Lipinski definition) is 2. The Hall–Kier alpha value is -3.33. The minimum Gasteiger partial charge on any atom is -0.507 e. The van der Waals surface area contributed by atoms with Gasteiger partial charge in [0.1, 0.15) is 5.75 Å². The lowest BCUT2D eigenvalue weighted by atomic mass is 9.97. The van der Waals surface area contributed by atoms with Gasteiger partial charge < -0.3 is 10.1 Å². The van der Waals surface area contributed by atoms with E-state index in [9.17, 15) is 9.90 Å². The van der Waals surface area contributed by atoms with Crippen molar-refractivity contribution in [2.45, 2.75) is 0 Å². The molecule has 116 valence electrons. The third-order valence-corrected chi connectivity index (χ3v) is 4.21. The van der Waals surface area contributed by atoms with E-state index in [4.69, 9.17) is 0 Å². The Morgan fingerprint density at radius 1 is 0.708 bits per heavy atom. The van der Waals surface area contributed by atoms with Crippen LogP contribution in [0.5, 0.6) is 5.75 Å². The van der Waals surface area contributed by atoms with Crippen LogP contribution in [0, 0.1) is 0 Å². The fourth-order valence-electron chi connectivity index (χ4n) is 3.00. The average Bonchev–Trinajstić information content (AvgIpc) is 2.64. The lowest BCUT2D eigenvalue weighted by Crippen LogP contribution is -2.05. The number of pyridine rings is 1. The SMILES string of the molecule is O=c1[nH]cc(-c2ccc(-c3ccccc3)cc2)c2c(O)cccc12. The van der Waals surface area contributed by atoms with E-state index in [1.54, 1.807) is 24.4 Å². The summed E-state index contributed by atoms with van der Waals surface area (Å²) in [5.41, 5.74) is 3.82. The number of fused-ring (bicyclic) bond motifs is 1. The molecule has 0 atom stereocenters. The molecule has 2 N–H and O–H groups in total. The highest BCUT2D eigenvalue weighted by Gasteiger charge is 2.10. The van der Waals surface area contributed by atoms with Crippen LogP contribution in [0.15, 0.2) is 83.8 Å². The summed E-state index contributed by atoms with van der Waals surface area (Å²) in [4.78, 5) is 14.7. The van der Waals surface area contributed by atoms with Gasteiger partial charge in [-0.15, -0.1) is 0 Å². The molecular weight excluding hydrogens is 298 g/mol. The topological polar surface area (TPSA) is 53.1 Å². The van der Waals surface area contributed by atoms with Crippen LogP contribution in [-0.2, 0) is 0 Å². The normalized spacial score (nSPS) is 10.8. The molecule has 0 amide bonds. The van der Waals surface area contributed by atoms with Crippen molar-refractivity contribution < 1.29 is 5.11 Å². The average molecular weight is 313 g/mol. The zero-order valence-corrected chi connectivity index (χ0v) is 12.9. The highest BCUT2D eigenvalue weighted by Crippen LogP contribution is 2.33. The second-order valence-corrected chi connectivity index (χ2v) is 5.67. The van der Waals surface area contributed by atoms with Crippen LogP contribution in [0.25, 0.3) is 33.0 Å². The van der Waals surface area contributed by atoms with Gasteiger partial charge >= 0.3 is 0 Å². The van der Waals surface area contributed by atoms with Crippen LogP contribution in [0.4, 0.5) is 0 Å². The first-order chi connectivity index (χ1) is 11.7. The third kappa shape index (κ3) is 2.36. The second kappa shape index (κ2) is 5.70. The predicted molar refractivity (Wildman–Crippen MR) is 97.1 cm³/mol. The van der Waals surface area contributed by atoms with Crippen LogP contribution in [0.3, 0.4) is 0 Å². The first kappa shape index (κ1) is 14.3. The first-order valence-corrected chi connectivity index (χ1v) is 7.73. The molecular formula is C21H15NO2. The van der Waals surface area contributed by atoms with Gasteiger partial charge in [-0.05, 0) is 28.8 Å². The number of phenols is 1. The molecule has 0 aliphatic rings. The summed E-state index contributed by atoms with van der Waals surface area (Å²) < 4.78 is 0. The minimum atomic E-state index is -0.203. The van der Waals surface area contributed by atoms with E-state index in [2.05, 4.69) is 17.1 Å². The molecule has 3 aromatic carbocycles. The molecule has 1 aromatic heterocycles. The van der Waals surface area contributed by atoms with Crippen molar-refractivity contribution in [3.8, 4) is 28.0 Å². The maximum Gasteiger partial charge on any atom is 0.255 e. The number of aromatic nitrogens is 1. The number of hydrogen-bond acceptors (Lipinski definition) is 2. The number of phenolic OH excluding ortho intramolecular Hbond substituents is 1. The van der Waals surface area contributed by atoms with E-state index in [-0.39, 0.29) is 11.3 Å². The standard InChI is InChI=1S/C21H15NO2/c23-19-8-4-7-17-20(19)18(13-22-21(17)24)16-11-9-15(10-12-16)14-5-2-1-3-6-14/h1-13,23H,(H,22,24). The van der Waals surface area contributed by atoms with E-state index in [1.165, 1.54) is 0 Å². The lowest BCUT2D eigenvalue weighted by molar-refractivity contribution is 0.481. The second-order valence-electron chi connectivity index (χ2n) is 5.67. The van der Waals surface area contributed by atoms with E-state index >= 15 is 0 Å². The summed E-state index contributed by atoms with van der Waals surface area (Å²) >= 11 is 0. The zero-order chi connectivity index (χ0) is 16.5. The summed E-state index contributed by atoms with van der Waals surface area (Å²) in [5, 5.41) is 11.3. The van der Waals surface area contributed by atoms with Crippen LogP contribution < -0.4 is 5.56 Å². The Bertz CT molecular complexity index is 1060. The molecule has 0 saturated heterocycles. The zero-order valence-electron chi connectivity index (χ0n) is 12.9. The summed E-state index contributed by atoms with van der Waals surface area (Å²) in [6, 6.07) is 23.2. The van der Waals surface area contributed by atoms with Crippen molar-refractivity contribution in [3.05, 3.63) is 89.3 Å². The molecule has 0 aliphatic carbocycles. The van der Waals surface area contributed by atoms with Crippen LogP contribution in [-0.4, -0.2) is 10.1 Å². The molecule has 4 aromatic rings. The Kier molecular flexibility index (Phi) is 3.39. The summed E-state index contributed by atoms with van der Waals surface area (Å²) in [7, 11) is 0. The fourth-order valence-corrected chi connectivity index (χ4v) is 3.00. The first-order valence-electron chi connectivity index (χ1n) is 7.73. The Morgan fingerprint density at radius 3 is 2.12 bits per heavy atom. The van der Waals surface area contributed by atoms with Gasteiger partial charge in [-0.3, -0.25) is 4.79 Å². The Balaban J connectivity index is 1.87. The van der Waals surface area contributed by atoms with E-state index < -0.39 is 0 Å². The molecule has 3 nitrogen and oxygen atoms in total. The van der Waals surface area contributed by atoms with Crippen LogP contribution in [0.1, 0.15) is 0 Å². The Labute approximate surface area is 138 Å². The van der Waals surface area contributed by atoms with Crippen molar-refractivity contribution in [1.29, 1.82) is 0 Å². The quantitative estimate of drug-likeness (QED) is 0.569. The number of rotatable bonds is 2. The van der Waals surface area contributed by atoms with Crippen LogP contribution in [0.2, 0.25) is 0 Å². The van der Waals surface area contributed by atoms with Crippen molar-refractivity contribution >= 4 is 10.8 Å². The number of benzene rings is 3. The predicted octanol–water partition coefficient (Wildman–Crippen LogP) is 4.57. The molecule has 1 heterocycles. The molecule has 0 unspecified atom stereocenters. The van der Waals surface area contributed by atoms with Gasteiger partial charge in [0.05, 0.1) is 5.39 Å². The van der Waals surface area contributed by atoms with Crippen LogP contribution >= 0.6 is 0 Å². The van der Waals surface area contributed by atoms with Gasteiger partial charge in [0.15, 0.2) is 0 Å². The van der Waals surface area contributed by atoms with Crippen molar-refractivity contribution in [2.75, 3.05) is 0 Å². The summed E-state index contributed by atoms with van der Waals surface area (Å²) in [6.07, 6.45) is 1.65. The minimum absolute atomic E-state index is 0.112. The third-order valence-electron chi connectivity index (χ3n) is 4.21. The molecule has 4 rings (SSSR count). The lowest BCUT2D eigenvalue weighted by Gasteiger charge is -2.09. The van der Waals surface area contributed by atoms with Gasteiger partial charge in [-0.1, -0.05) is 60.7 Å². The molecule has 0 saturated carbocycles. The molecule has 24 heavy (non-hydrogen) atoms. The van der Waals surface area contributed by atoms with Gasteiger partial charge in [0.2, 0.25) is 0 Å².